The number of fused-ring (bicyclic) bond motifs is 1. The van der Waals surface area contributed by atoms with Crippen LogP contribution in [0.4, 0.5) is 0 Å². The molecule has 1 heterocycles. The van der Waals surface area contributed by atoms with E-state index in [0.29, 0.717) is 18.6 Å². The Morgan fingerprint density at radius 1 is 1.15 bits per heavy atom. The molecule has 0 aliphatic heterocycles. The van der Waals surface area contributed by atoms with Crippen molar-refractivity contribution in [3.8, 4) is 5.75 Å². The van der Waals surface area contributed by atoms with Crippen molar-refractivity contribution in [2.24, 2.45) is 0 Å². The van der Waals surface area contributed by atoms with Crippen LogP contribution >= 0.6 is 11.3 Å². The number of nitrogens with zero attached hydrogens (tertiary/aromatic N) is 1. The van der Waals surface area contributed by atoms with Crippen molar-refractivity contribution in [1.29, 1.82) is 0 Å². The largest absolute Gasteiger partial charge is 0.507 e. The van der Waals surface area contributed by atoms with E-state index >= 15 is 0 Å². The van der Waals surface area contributed by atoms with Crippen LogP contribution in [0.25, 0.3) is 21.9 Å². The van der Waals surface area contributed by atoms with Gasteiger partial charge in [0.1, 0.15) is 10.8 Å². The van der Waals surface area contributed by atoms with Gasteiger partial charge in [0, 0.05) is 6.42 Å². The Balaban J connectivity index is 2.00. The minimum absolute atomic E-state index is 0.135. The molecule has 0 amide bonds. The molecule has 0 bridgehead atoms. The van der Waals surface area contributed by atoms with Crippen LogP contribution in [0.3, 0.4) is 0 Å². The van der Waals surface area contributed by atoms with Gasteiger partial charge in [-0.25, -0.2) is 4.98 Å². The molecule has 26 heavy (non-hydrogen) atoms. The second-order valence-corrected chi connectivity index (χ2v) is 7.44. The number of aryl methyl sites for hydroxylation is 2. The number of benzene rings is 2. The molecule has 0 saturated carbocycles. The van der Waals surface area contributed by atoms with Crippen LogP contribution in [0.5, 0.6) is 5.75 Å². The van der Waals surface area contributed by atoms with Gasteiger partial charge in [-0.05, 0) is 79.3 Å². The molecule has 0 saturated heterocycles. The highest BCUT2D eigenvalue weighted by Gasteiger charge is 2.11. The molecule has 2 aromatic carbocycles. The van der Waals surface area contributed by atoms with Gasteiger partial charge in [-0.3, -0.25) is 4.79 Å². The third kappa shape index (κ3) is 4.11. The van der Waals surface area contributed by atoms with E-state index in [0.717, 1.165) is 37.5 Å². The fourth-order valence-corrected chi connectivity index (χ4v) is 3.96. The fourth-order valence-electron chi connectivity index (χ4n) is 2.95. The van der Waals surface area contributed by atoms with Gasteiger partial charge >= 0.3 is 5.97 Å². The van der Waals surface area contributed by atoms with Gasteiger partial charge in [0.25, 0.3) is 0 Å². The van der Waals surface area contributed by atoms with Gasteiger partial charge < -0.3 is 10.2 Å². The van der Waals surface area contributed by atoms with Crippen molar-refractivity contribution in [3.05, 3.63) is 58.1 Å². The number of hydrogen-bond donors (Lipinski definition) is 2. The van der Waals surface area contributed by atoms with Crippen LogP contribution in [-0.4, -0.2) is 21.2 Å². The molecule has 2 N–H and O–H groups in total. The summed E-state index contributed by atoms with van der Waals surface area (Å²) in [7, 11) is 0. The molecule has 5 heteroatoms. The highest BCUT2D eigenvalue weighted by molar-refractivity contribution is 7.19. The van der Waals surface area contributed by atoms with Crippen LogP contribution in [0.15, 0.2) is 36.4 Å². The summed E-state index contributed by atoms with van der Waals surface area (Å²) in [4.78, 5) is 15.6. The van der Waals surface area contributed by atoms with Gasteiger partial charge in [-0.2, -0.15) is 0 Å². The SMILES string of the molecule is Cc1cc(/C=C(\CCCC(=O)O)c2nc3ccccc3s2)cc(C)c1O. The lowest BCUT2D eigenvalue weighted by Crippen LogP contribution is -1.95. The van der Waals surface area contributed by atoms with E-state index in [2.05, 4.69) is 6.08 Å². The topological polar surface area (TPSA) is 70.4 Å². The first-order valence-electron chi connectivity index (χ1n) is 8.52. The summed E-state index contributed by atoms with van der Waals surface area (Å²) in [6.07, 6.45) is 3.40. The summed E-state index contributed by atoms with van der Waals surface area (Å²) in [6.45, 7) is 3.75. The van der Waals surface area contributed by atoms with E-state index in [-0.39, 0.29) is 6.42 Å². The zero-order valence-corrected chi connectivity index (χ0v) is 15.6. The molecular weight excluding hydrogens is 346 g/mol. The Bertz CT molecular complexity index is 932. The van der Waals surface area contributed by atoms with Crippen molar-refractivity contribution in [2.75, 3.05) is 0 Å². The normalized spacial score (nSPS) is 11.8. The Kier molecular flexibility index (Phi) is 5.38. The quantitative estimate of drug-likeness (QED) is 0.611. The predicted octanol–water partition coefficient (Wildman–Crippen LogP) is 5.41. The number of aromatic hydroxyl groups is 1. The van der Waals surface area contributed by atoms with Crippen molar-refractivity contribution < 1.29 is 15.0 Å². The highest BCUT2D eigenvalue weighted by atomic mass is 32.1. The number of rotatable bonds is 6. The average Bonchev–Trinajstić information content (AvgIpc) is 3.02. The zero-order valence-electron chi connectivity index (χ0n) is 14.8. The van der Waals surface area contributed by atoms with E-state index in [1.807, 2.05) is 50.2 Å². The molecule has 0 unspecified atom stereocenters. The molecule has 0 aliphatic carbocycles. The molecule has 3 aromatic rings. The lowest BCUT2D eigenvalue weighted by atomic mass is 10.0. The van der Waals surface area contributed by atoms with Crippen molar-refractivity contribution >= 4 is 39.2 Å². The van der Waals surface area contributed by atoms with Gasteiger partial charge in [0.05, 0.1) is 10.2 Å². The molecule has 0 spiro atoms. The van der Waals surface area contributed by atoms with Crippen LogP contribution in [0.2, 0.25) is 0 Å². The summed E-state index contributed by atoms with van der Waals surface area (Å²) in [5.74, 6) is -0.473. The lowest BCUT2D eigenvalue weighted by Gasteiger charge is -2.08. The molecular formula is C21H21NO3S. The van der Waals surface area contributed by atoms with Gasteiger partial charge in [0.2, 0.25) is 0 Å². The fraction of sp³-hybridized carbons (Fsp3) is 0.238. The first-order chi connectivity index (χ1) is 12.4. The third-order valence-corrected chi connectivity index (χ3v) is 5.37. The second-order valence-electron chi connectivity index (χ2n) is 6.41. The van der Waals surface area contributed by atoms with Crippen LogP contribution in [0, 0.1) is 13.8 Å². The molecule has 1 aromatic heterocycles. The highest BCUT2D eigenvalue weighted by Crippen LogP contribution is 2.32. The Morgan fingerprint density at radius 3 is 2.50 bits per heavy atom. The lowest BCUT2D eigenvalue weighted by molar-refractivity contribution is -0.137. The Morgan fingerprint density at radius 2 is 1.85 bits per heavy atom. The van der Waals surface area contributed by atoms with E-state index in [9.17, 15) is 9.90 Å². The number of hydrogen-bond acceptors (Lipinski definition) is 4. The molecule has 0 fully saturated rings. The maximum Gasteiger partial charge on any atom is 0.303 e. The number of carboxylic acid groups (broad SMARTS) is 1. The van der Waals surface area contributed by atoms with Gasteiger partial charge in [-0.15, -0.1) is 11.3 Å². The molecule has 3 rings (SSSR count). The van der Waals surface area contributed by atoms with Crippen LogP contribution in [0.1, 0.15) is 41.0 Å². The number of carbonyl (C=O) groups is 1. The monoisotopic (exact) mass is 367 g/mol. The molecule has 0 radical (unpaired) electrons. The van der Waals surface area contributed by atoms with Gasteiger partial charge in [0.15, 0.2) is 0 Å². The number of phenolic OH excluding ortho intramolecular Hbond substituents is 1. The number of phenols is 1. The smallest absolute Gasteiger partial charge is 0.303 e. The second kappa shape index (κ2) is 7.70. The van der Waals surface area contributed by atoms with E-state index < -0.39 is 5.97 Å². The summed E-state index contributed by atoms with van der Waals surface area (Å²) < 4.78 is 1.12. The summed E-state index contributed by atoms with van der Waals surface area (Å²) in [6, 6.07) is 11.9. The zero-order chi connectivity index (χ0) is 18.7. The minimum atomic E-state index is -0.787. The minimum Gasteiger partial charge on any atom is -0.507 e. The summed E-state index contributed by atoms with van der Waals surface area (Å²) in [5, 5.41) is 19.8. The van der Waals surface area contributed by atoms with Crippen LogP contribution < -0.4 is 0 Å². The molecule has 134 valence electrons. The summed E-state index contributed by atoms with van der Waals surface area (Å²) >= 11 is 1.62. The standard InChI is InChI=1S/C21H21NO3S/c1-13-10-15(11-14(2)20(13)25)12-16(6-5-9-19(23)24)21-22-17-7-3-4-8-18(17)26-21/h3-4,7-8,10-12,25H,5-6,9H2,1-2H3,(H,23,24)/b16-12+. The van der Waals surface area contributed by atoms with E-state index in [1.54, 1.807) is 11.3 Å². The summed E-state index contributed by atoms with van der Waals surface area (Å²) in [5.41, 5.74) is 4.62. The number of carboxylic acids is 1. The third-order valence-electron chi connectivity index (χ3n) is 4.26. The number of aliphatic carboxylic acids is 1. The Hall–Kier alpha value is -2.66. The van der Waals surface area contributed by atoms with E-state index in [4.69, 9.17) is 10.1 Å². The maximum atomic E-state index is 10.9. The maximum absolute atomic E-state index is 10.9. The van der Waals surface area contributed by atoms with Crippen molar-refractivity contribution in [3.63, 3.8) is 0 Å². The molecule has 0 atom stereocenters. The Labute approximate surface area is 156 Å². The number of allylic oxidation sites excluding steroid dienone is 1. The van der Waals surface area contributed by atoms with Crippen LogP contribution in [-0.2, 0) is 4.79 Å². The average molecular weight is 367 g/mol. The molecule has 4 nitrogen and oxygen atoms in total. The van der Waals surface area contributed by atoms with Crippen molar-refractivity contribution in [1.82, 2.24) is 4.98 Å². The first-order valence-corrected chi connectivity index (χ1v) is 9.34. The van der Waals surface area contributed by atoms with Gasteiger partial charge in [-0.1, -0.05) is 12.1 Å². The number of thiazole rings is 1. The number of aromatic nitrogens is 1. The van der Waals surface area contributed by atoms with E-state index in [1.165, 1.54) is 0 Å². The number of para-hydroxylation sites is 1. The molecule has 0 aliphatic rings. The first kappa shape index (κ1) is 18.1. The predicted molar refractivity (Wildman–Crippen MR) is 107 cm³/mol. The van der Waals surface area contributed by atoms with Crippen molar-refractivity contribution in [2.45, 2.75) is 33.1 Å².